The Bertz CT molecular complexity index is 217. The van der Waals surface area contributed by atoms with Crippen LogP contribution in [0.15, 0.2) is 11.4 Å². The van der Waals surface area contributed by atoms with Crippen molar-refractivity contribution in [1.82, 2.24) is 0 Å². The molecule has 1 aromatic rings. The second kappa shape index (κ2) is 3.88. The van der Waals surface area contributed by atoms with E-state index in [1.807, 2.05) is 11.3 Å². The first kappa shape index (κ1) is 8.75. The van der Waals surface area contributed by atoms with Crippen molar-refractivity contribution in [3.8, 4) is 0 Å². The van der Waals surface area contributed by atoms with E-state index < -0.39 is 0 Å². The van der Waals surface area contributed by atoms with Crippen LogP contribution in [0.4, 0.5) is 0 Å². The highest BCUT2D eigenvalue weighted by atomic mass is 32.1. The van der Waals surface area contributed by atoms with Gasteiger partial charge in [-0.15, -0.1) is 11.3 Å². The molecule has 0 fully saturated rings. The number of hydrogen-bond donors (Lipinski definition) is 1. The van der Waals surface area contributed by atoms with Crippen molar-refractivity contribution >= 4 is 11.3 Å². The third kappa shape index (κ3) is 2.31. The Balaban J connectivity index is 2.56. The van der Waals surface area contributed by atoms with Gasteiger partial charge in [-0.05, 0) is 36.8 Å². The predicted octanol–water partition coefficient (Wildman–Crippen LogP) is 2.34. The molecule has 1 nitrogen and oxygen atoms in total. The lowest BCUT2D eigenvalue weighted by atomic mass is 10.1. The van der Waals surface area contributed by atoms with Crippen molar-refractivity contribution in [3.05, 3.63) is 21.9 Å². The average Bonchev–Trinajstić information content (AvgIpc) is 2.37. The molecule has 1 atom stereocenters. The van der Waals surface area contributed by atoms with Gasteiger partial charge in [0.2, 0.25) is 0 Å². The molecule has 0 spiro atoms. The second-order valence-corrected chi connectivity index (χ2v) is 3.90. The van der Waals surface area contributed by atoms with Gasteiger partial charge in [0.25, 0.3) is 0 Å². The summed E-state index contributed by atoms with van der Waals surface area (Å²) in [5.41, 5.74) is 7.23. The van der Waals surface area contributed by atoms with Gasteiger partial charge in [0.05, 0.1) is 0 Å². The van der Waals surface area contributed by atoms with Crippen LogP contribution in [0, 0.1) is 6.92 Å². The maximum absolute atomic E-state index is 5.84. The lowest BCUT2D eigenvalue weighted by Crippen LogP contribution is -2.21. The summed E-state index contributed by atoms with van der Waals surface area (Å²) in [5, 5.41) is 2.13. The molecule has 0 bridgehead atoms. The predicted molar refractivity (Wildman–Crippen MR) is 51.0 cm³/mol. The number of rotatable bonds is 3. The molecule has 1 heterocycles. The molecule has 1 unspecified atom stereocenters. The Morgan fingerprint density at radius 3 is 2.82 bits per heavy atom. The van der Waals surface area contributed by atoms with Crippen LogP contribution >= 0.6 is 11.3 Å². The van der Waals surface area contributed by atoms with E-state index in [1.165, 1.54) is 10.4 Å². The van der Waals surface area contributed by atoms with Gasteiger partial charge in [0.1, 0.15) is 0 Å². The summed E-state index contributed by atoms with van der Waals surface area (Å²) in [4.78, 5) is 1.44. The smallest absolute Gasteiger partial charge is 0.00897 e. The second-order valence-electron chi connectivity index (χ2n) is 2.90. The van der Waals surface area contributed by atoms with Crippen LogP contribution in [-0.4, -0.2) is 6.04 Å². The van der Waals surface area contributed by atoms with Crippen LogP contribution in [0.25, 0.3) is 0 Å². The summed E-state index contributed by atoms with van der Waals surface area (Å²) < 4.78 is 0. The summed E-state index contributed by atoms with van der Waals surface area (Å²) in [6, 6.07) is 2.50. The van der Waals surface area contributed by atoms with E-state index in [2.05, 4.69) is 25.3 Å². The van der Waals surface area contributed by atoms with Gasteiger partial charge in [0, 0.05) is 10.9 Å². The van der Waals surface area contributed by atoms with Crippen molar-refractivity contribution < 1.29 is 0 Å². The van der Waals surface area contributed by atoms with E-state index in [1.54, 1.807) is 0 Å². The van der Waals surface area contributed by atoms with E-state index in [0.29, 0.717) is 6.04 Å². The number of thiophene rings is 1. The number of nitrogens with two attached hydrogens (primary N) is 1. The molecule has 0 aliphatic heterocycles. The minimum Gasteiger partial charge on any atom is -0.327 e. The van der Waals surface area contributed by atoms with Crippen molar-refractivity contribution in [1.29, 1.82) is 0 Å². The molecule has 0 saturated carbocycles. The molecule has 62 valence electrons. The minimum absolute atomic E-state index is 0.340. The largest absolute Gasteiger partial charge is 0.327 e. The molecule has 0 aromatic carbocycles. The molecule has 0 radical (unpaired) electrons. The topological polar surface area (TPSA) is 26.0 Å². The third-order valence-electron chi connectivity index (χ3n) is 1.94. The summed E-state index contributed by atoms with van der Waals surface area (Å²) in [6.07, 6.45) is 2.11. The van der Waals surface area contributed by atoms with Crippen molar-refractivity contribution in [2.24, 2.45) is 5.73 Å². The Kier molecular flexibility index (Phi) is 3.09. The normalized spacial score (nSPS) is 13.4. The Hall–Kier alpha value is -0.340. The lowest BCUT2D eigenvalue weighted by molar-refractivity contribution is 0.650. The van der Waals surface area contributed by atoms with Crippen LogP contribution in [-0.2, 0) is 6.42 Å². The van der Waals surface area contributed by atoms with Gasteiger partial charge in [-0.25, -0.2) is 0 Å². The Morgan fingerprint density at radius 1 is 1.64 bits per heavy atom. The van der Waals surface area contributed by atoms with Crippen LogP contribution < -0.4 is 5.73 Å². The maximum Gasteiger partial charge on any atom is 0.00897 e. The average molecular weight is 169 g/mol. The van der Waals surface area contributed by atoms with Gasteiger partial charge >= 0.3 is 0 Å². The van der Waals surface area contributed by atoms with E-state index in [4.69, 9.17) is 5.73 Å². The molecule has 2 heteroatoms. The zero-order valence-corrected chi connectivity index (χ0v) is 7.95. The first-order chi connectivity index (χ1) is 5.24. The summed E-state index contributed by atoms with van der Waals surface area (Å²) in [7, 11) is 0. The van der Waals surface area contributed by atoms with Crippen LogP contribution in [0.5, 0.6) is 0 Å². The summed E-state index contributed by atoms with van der Waals surface area (Å²) in [5.74, 6) is 0. The highest BCUT2D eigenvalue weighted by Gasteiger charge is 2.04. The quantitative estimate of drug-likeness (QED) is 0.738. The number of hydrogen-bond acceptors (Lipinski definition) is 2. The zero-order chi connectivity index (χ0) is 8.27. The molecule has 0 amide bonds. The van der Waals surface area contributed by atoms with Gasteiger partial charge in [-0.2, -0.15) is 0 Å². The van der Waals surface area contributed by atoms with Gasteiger partial charge < -0.3 is 5.73 Å². The van der Waals surface area contributed by atoms with E-state index in [9.17, 15) is 0 Å². The third-order valence-corrected chi connectivity index (χ3v) is 2.99. The maximum atomic E-state index is 5.84. The summed E-state index contributed by atoms with van der Waals surface area (Å²) >= 11 is 1.81. The molecule has 0 saturated heterocycles. The Labute approximate surface area is 72.2 Å². The van der Waals surface area contributed by atoms with Gasteiger partial charge in [0.15, 0.2) is 0 Å². The molecule has 2 N–H and O–H groups in total. The zero-order valence-electron chi connectivity index (χ0n) is 7.13. The van der Waals surface area contributed by atoms with Crippen LogP contribution in [0.2, 0.25) is 0 Å². The molecule has 11 heavy (non-hydrogen) atoms. The van der Waals surface area contributed by atoms with Gasteiger partial charge in [-0.3, -0.25) is 0 Å². The number of aryl methyl sites for hydroxylation is 1. The summed E-state index contributed by atoms with van der Waals surface area (Å²) in [6.45, 7) is 4.28. The van der Waals surface area contributed by atoms with Crippen molar-refractivity contribution in [2.45, 2.75) is 32.7 Å². The van der Waals surface area contributed by atoms with E-state index in [0.717, 1.165) is 12.8 Å². The van der Waals surface area contributed by atoms with Crippen LogP contribution in [0.3, 0.4) is 0 Å². The lowest BCUT2D eigenvalue weighted by Gasteiger charge is -2.06. The molecule has 1 rings (SSSR count). The SMILES string of the molecule is CCC(N)Cc1sccc1C. The first-order valence-electron chi connectivity index (χ1n) is 4.02. The van der Waals surface area contributed by atoms with E-state index in [-0.39, 0.29) is 0 Å². The van der Waals surface area contributed by atoms with Crippen molar-refractivity contribution in [3.63, 3.8) is 0 Å². The molecular formula is C9H15NS. The fraction of sp³-hybridized carbons (Fsp3) is 0.556. The van der Waals surface area contributed by atoms with E-state index >= 15 is 0 Å². The van der Waals surface area contributed by atoms with Gasteiger partial charge in [-0.1, -0.05) is 6.92 Å². The first-order valence-corrected chi connectivity index (χ1v) is 4.90. The fourth-order valence-electron chi connectivity index (χ4n) is 0.996. The molecule has 0 aliphatic carbocycles. The highest BCUT2D eigenvalue weighted by Crippen LogP contribution is 2.17. The molecular weight excluding hydrogens is 154 g/mol. The highest BCUT2D eigenvalue weighted by molar-refractivity contribution is 7.10. The minimum atomic E-state index is 0.340. The monoisotopic (exact) mass is 169 g/mol. The fourth-order valence-corrected chi connectivity index (χ4v) is 2.00. The molecule has 1 aromatic heterocycles. The standard InChI is InChI=1S/C9H15NS/c1-3-8(10)6-9-7(2)4-5-11-9/h4-5,8H,3,6,10H2,1-2H3. The Morgan fingerprint density at radius 2 is 2.36 bits per heavy atom. The van der Waals surface area contributed by atoms with Crippen molar-refractivity contribution in [2.75, 3.05) is 0 Å². The van der Waals surface area contributed by atoms with Crippen LogP contribution in [0.1, 0.15) is 23.8 Å². The molecule has 0 aliphatic rings.